The van der Waals surface area contributed by atoms with Crippen molar-refractivity contribution in [2.45, 2.75) is 33.6 Å². The Bertz CT molecular complexity index is 482. The molecular weight excluding hydrogens is 391 g/mol. The third-order valence-electron chi connectivity index (χ3n) is 3.86. The Hall–Kier alpha value is -0.820. The quantitative estimate of drug-likeness (QED) is 0.597. The number of methoxy groups -OCH3 is 1. The van der Waals surface area contributed by atoms with Crippen molar-refractivity contribution in [3.63, 3.8) is 0 Å². The smallest absolute Gasteiger partial charge is 0.340 e. The largest absolute Gasteiger partial charge is 0.465 e. The monoisotopic (exact) mass is 418 g/mol. The molecule has 1 heterocycles. The number of rotatable bonds is 4. The number of hydrogen-bond donors (Lipinski definition) is 1. The molecule has 0 bridgehead atoms. The van der Waals surface area contributed by atoms with Crippen LogP contribution < -0.4 is 5.32 Å². The molecule has 5 heteroatoms. The van der Waals surface area contributed by atoms with Crippen LogP contribution in [0.4, 0.5) is 5.69 Å². The molecule has 0 amide bonds. The predicted octanol–water partition coefficient (Wildman–Crippen LogP) is 3.78. The van der Waals surface area contributed by atoms with Gasteiger partial charge in [0, 0.05) is 10.1 Å². The van der Waals surface area contributed by atoms with Crippen molar-refractivity contribution < 1.29 is 9.53 Å². The minimum atomic E-state index is -0.265. The van der Waals surface area contributed by atoms with Crippen LogP contribution >= 0.6 is 22.6 Å². The van der Waals surface area contributed by atoms with Crippen molar-refractivity contribution in [3.8, 4) is 0 Å². The van der Waals surface area contributed by atoms with Crippen LogP contribution in [0, 0.1) is 3.57 Å². The summed E-state index contributed by atoms with van der Waals surface area (Å²) in [7, 11) is 1.41. The molecule has 124 valence electrons. The Morgan fingerprint density at radius 3 is 2.41 bits per heavy atom. The summed E-state index contributed by atoms with van der Waals surface area (Å²) in [5, 5.41) is 3.27. The van der Waals surface area contributed by atoms with Gasteiger partial charge in [0.15, 0.2) is 0 Å². The molecule has 1 aliphatic rings. The molecule has 0 aliphatic carbocycles. The van der Waals surface area contributed by atoms with Crippen LogP contribution in [0.2, 0.25) is 0 Å². The number of nitrogens with zero attached hydrogens (tertiary/aromatic N) is 1. The molecule has 1 aromatic rings. The minimum absolute atomic E-state index is 0.265. The molecule has 0 radical (unpaired) electrons. The van der Waals surface area contributed by atoms with Crippen molar-refractivity contribution in [1.82, 2.24) is 4.90 Å². The van der Waals surface area contributed by atoms with E-state index in [-0.39, 0.29) is 5.97 Å². The third-order valence-corrected chi connectivity index (χ3v) is 4.48. The average molecular weight is 418 g/mol. The first-order chi connectivity index (χ1) is 10.6. The van der Waals surface area contributed by atoms with E-state index in [9.17, 15) is 4.79 Å². The molecule has 0 atom stereocenters. The fraction of sp³-hybridized carbons (Fsp3) is 0.588. The number of carbonyl (C=O) groups is 1. The number of halogens is 1. The van der Waals surface area contributed by atoms with Gasteiger partial charge < -0.3 is 15.0 Å². The molecule has 4 nitrogen and oxygen atoms in total. The van der Waals surface area contributed by atoms with E-state index in [4.69, 9.17) is 4.74 Å². The molecule has 2 rings (SSSR count). The van der Waals surface area contributed by atoms with Crippen LogP contribution in [-0.2, 0) is 11.2 Å². The van der Waals surface area contributed by atoms with E-state index in [2.05, 4.69) is 59.6 Å². The molecule has 22 heavy (non-hydrogen) atoms. The maximum atomic E-state index is 11.6. The lowest BCUT2D eigenvalue weighted by Gasteiger charge is -2.20. The number of carbonyl (C=O) groups excluding carboxylic acids is 1. The normalized spacial score (nSPS) is 12.8. The zero-order valence-electron chi connectivity index (χ0n) is 14.0. The summed E-state index contributed by atoms with van der Waals surface area (Å²) in [6.45, 7) is 11.1. The highest BCUT2D eigenvalue weighted by Gasteiger charge is 2.18. The Morgan fingerprint density at radius 2 is 1.91 bits per heavy atom. The Balaban J connectivity index is 0.000000295. The number of fused-ring (bicyclic) bond motifs is 1. The van der Waals surface area contributed by atoms with Crippen LogP contribution in [0.25, 0.3) is 0 Å². The summed E-state index contributed by atoms with van der Waals surface area (Å²) in [5.74, 6) is -0.265. The number of esters is 1. The van der Waals surface area contributed by atoms with Gasteiger partial charge in [0.2, 0.25) is 0 Å². The second-order valence-electron chi connectivity index (χ2n) is 5.13. The van der Waals surface area contributed by atoms with Gasteiger partial charge in [-0.3, -0.25) is 0 Å². The van der Waals surface area contributed by atoms with Crippen molar-refractivity contribution in [2.24, 2.45) is 0 Å². The Labute approximate surface area is 147 Å². The molecule has 0 fully saturated rings. The van der Waals surface area contributed by atoms with Crippen molar-refractivity contribution >= 4 is 34.2 Å². The maximum Gasteiger partial charge on any atom is 0.340 e. The summed E-state index contributed by atoms with van der Waals surface area (Å²) in [6.07, 6.45) is 2.15. The lowest BCUT2D eigenvalue weighted by atomic mass is 9.99. The second-order valence-corrected chi connectivity index (χ2v) is 6.37. The van der Waals surface area contributed by atoms with Gasteiger partial charge in [-0.15, -0.1) is 0 Å². The molecule has 1 aliphatic heterocycles. The molecule has 0 saturated heterocycles. The van der Waals surface area contributed by atoms with Crippen LogP contribution in [-0.4, -0.2) is 44.2 Å². The number of anilines is 1. The highest BCUT2D eigenvalue weighted by Crippen LogP contribution is 2.28. The van der Waals surface area contributed by atoms with Crippen LogP contribution in [0.1, 0.15) is 43.1 Å². The first kappa shape index (κ1) is 19.2. The lowest BCUT2D eigenvalue weighted by Crippen LogP contribution is -2.21. The van der Waals surface area contributed by atoms with E-state index in [0.717, 1.165) is 28.6 Å². The van der Waals surface area contributed by atoms with Crippen molar-refractivity contribution in [3.05, 3.63) is 26.8 Å². The molecule has 0 saturated carbocycles. The van der Waals surface area contributed by atoms with E-state index in [1.807, 2.05) is 6.07 Å². The van der Waals surface area contributed by atoms with Gasteiger partial charge >= 0.3 is 5.97 Å². The summed E-state index contributed by atoms with van der Waals surface area (Å²) in [5.41, 5.74) is 2.82. The predicted molar refractivity (Wildman–Crippen MR) is 101 cm³/mol. The fourth-order valence-corrected chi connectivity index (χ4v) is 3.19. The highest BCUT2D eigenvalue weighted by atomic mass is 127. The first-order valence-corrected chi connectivity index (χ1v) is 9.02. The number of hydrogen-bond acceptors (Lipinski definition) is 4. The van der Waals surface area contributed by atoms with Crippen molar-refractivity contribution in [1.29, 1.82) is 0 Å². The molecular formula is C17H27IN2O2. The number of aryl methyl sites for hydroxylation is 1. The minimum Gasteiger partial charge on any atom is -0.465 e. The molecule has 1 N–H and O–H groups in total. The topological polar surface area (TPSA) is 41.6 Å². The Morgan fingerprint density at radius 1 is 1.27 bits per heavy atom. The van der Waals surface area contributed by atoms with Gasteiger partial charge in [-0.1, -0.05) is 20.8 Å². The van der Waals surface area contributed by atoms with Gasteiger partial charge in [0.25, 0.3) is 0 Å². The van der Waals surface area contributed by atoms with E-state index in [1.54, 1.807) is 0 Å². The van der Waals surface area contributed by atoms with Crippen molar-refractivity contribution in [2.75, 3.05) is 38.6 Å². The fourth-order valence-electron chi connectivity index (χ4n) is 2.50. The summed E-state index contributed by atoms with van der Waals surface area (Å²) >= 11 is 2.23. The molecule has 0 spiro atoms. The third kappa shape index (κ3) is 5.43. The molecule has 0 aromatic heterocycles. The summed E-state index contributed by atoms with van der Waals surface area (Å²) < 4.78 is 5.85. The maximum absolute atomic E-state index is 11.6. The number of benzene rings is 1. The SMILES string of the molecule is CCN(CC)CC.COC(=O)c1cc(I)cc2c1NCCC2. The zero-order valence-corrected chi connectivity index (χ0v) is 16.2. The van der Waals surface area contributed by atoms with Crippen LogP contribution in [0.5, 0.6) is 0 Å². The van der Waals surface area contributed by atoms with Gasteiger partial charge in [0.1, 0.15) is 0 Å². The van der Waals surface area contributed by atoms with E-state index in [1.165, 1.54) is 32.3 Å². The van der Waals surface area contributed by atoms with Gasteiger partial charge in [-0.05, 0) is 72.8 Å². The second kappa shape index (κ2) is 10.0. The van der Waals surface area contributed by atoms with Crippen LogP contribution in [0.15, 0.2) is 12.1 Å². The zero-order chi connectivity index (χ0) is 16.5. The molecule has 1 aromatic carbocycles. The van der Waals surface area contributed by atoms with Gasteiger partial charge in [-0.25, -0.2) is 4.79 Å². The average Bonchev–Trinajstić information content (AvgIpc) is 2.55. The van der Waals surface area contributed by atoms with E-state index < -0.39 is 0 Å². The molecule has 0 unspecified atom stereocenters. The number of nitrogens with one attached hydrogen (secondary N) is 1. The van der Waals surface area contributed by atoms with Crippen LogP contribution in [0.3, 0.4) is 0 Å². The highest BCUT2D eigenvalue weighted by molar-refractivity contribution is 14.1. The first-order valence-electron chi connectivity index (χ1n) is 7.94. The standard InChI is InChI=1S/C11H12INO2.C6H15N/c1-15-11(14)9-6-8(12)5-7-3-2-4-13-10(7)9;1-4-7(5-2)6-3/h5-6,13H,2-4H2,1H3;4-6H2,1-3H3. The van der Waals surface area contributed by atoms with E-state index in [0.29, 0.717) is 5.56 Å². The summed E-state index contributed by atoms with van der Waals surface area (Å²) in [6, 6.07) is 3.98. The van der Waals surface area contributed by atoms with Gasteiger partial charge in [0.05, 0.1) is 18.4 Å². The Kier molecular flexibility index (Phi) is 8.78. The van der Waals surface area contributed by atoms with Gasteiger partial charge in [-0.2, -0.15) is 0 Å². The summed E-state index contributed by atoms with van der Waals surface area (Å²) in [4.78, 5) is 13.9. The van der Waals surface area contributed by atoms with E-state index >= 15 is 0 Å². The number of ether oxygens (including phenoxy) is 1. The lowest BCUT2D eigenvalue weighted by molar-refractivity contribution is 0.0601.